The highest BCUT2D eigenvalue weighted by Crippen LogP contribution is 2.17. The molecule has 12 heavy (non-hydrogen) atoms. The summed E-state index contributed by atoms with van der Waals surface area (Å²) in [6.45, 7) is 5.47. The summed E-state index contributed by atoms with van der Waals surface area (Å²) < 4.78 is 0. The minimum absolute atomic E-state index is 0.412. The number of carboxylic acid groups (broad SMARTS) is 1. The van der Waals surface area contributed by atoms with Crippen LogP contribution in [0, 0.1) is 0 Å². The van der Waals surface area contributed by atoms with E-state index in [2.05, 4.69) is 0 Å². The summed E-state index contributed by atoms with van der Waals surface area (Å²) in [6, 6.07) is 0. The van der Waals surface area contributed by atoms with E-state index in [1.807, 2.05) is 0 Å². The third kappa shape index (κ3) is 1.75. The standard InChI is InChI=1S/C8H15NO3/c1-4-8(3,7(11)12)9(5-2)6-10/h6H,4-5H2,1-3H3,(H,11,12). The lowest BCUT2D eigenvalue weighted by atomic mass is 9.97. The van der Waals surface area contributed by atoms with Gasteiger partial charge in [-0.2, -0.15) is 0 Å². The number of hydrogen-bond donors (Lipinski definition) is 1. The molecule has 0 aliphatic heterocycles. The van der Waals surface area contributed by atoms with E-state index in [1.54, 1.807) is 20.8 Å². The molecule has 0 rings (SSSR count). The molecule has 0 saturated heterocycles. The molecule has 1 atom stereocenters. The Morgan fingerprint density at radius 2 is 2.08 bits per heavy atom. The monoisotopic (exact) mass is 173 g/mol. The first-order chi connectivity index (χ1) is 5.52. The van der Waals surface area contributed by atoms with Gasteiger partial charge in [-0.05, 0) is 20.3 Å². The second-order valence-corrected chi connectivity index (χ2v) is 2.82. The molecule has 1 N–H and O–H groups in total. The highest BCUT2D eigenvalue weighted by atomic mass is 16.4. The maximum atomic E-state index is 10.8. The van der Waals surface area contributed by atoms with E-state index >= 15 is 0 Å². The number of likely N-dealkylation sites (N-methyl/N-ethyl adjacent to an activating group) is 1. The van der Waals surface area contributed by atoms with Crippen molar-refractivity contribution in [3.63, 3.8) is 0 Å². The molecule has 0 aromatic heterocycles. The number of hydrogen-bond acceptors (Lipinski definition) is 2. The third-order valence-electron chi connectivity index (χ3n) is 2.25. The number of aliphatic carboxylic acids is 1. The van der Waals surface area contributed by atoms with Gasteiger partial charge in [-0.25, -0.2) is 4.79 Å². The maximum Gasteiger partial charge on any atom is 0.329 e. The van der Waals surface area contributed by atoms with E-state index in [4.69, 9.17) is 5.11 Å². The number of carbonyl (C=O) groups excluding carboxylic acids is 1. The first-order valence-corrected chi connectivity index (χ1v) is 3.98. The SMILES string of the molecule is CCN(C=O)C(C)(CC)C(=O)O. The zero-order chi connectivity index (χ0) is 9.78. The van der Waals surface area contributed by atoms with Gasteiger partial charge in [0.25, 0.3) is 0 Å². The largest absolute Gasteiger partial charge is 0.480 e. The van der Waals surface area contributed by atoms with Crippen molar-refractivity contribution in [3.05, 3.63) is 0 Å². The molecule has 0 aromatic carbocycles. The summed E-state index contributed by atoms with van der Waals surface area (Å²) in [5, 5.41) is 8.86. The molecule has 0 bridgehead atoms. The Hall–Kier alpha value is -1.06. The summed E-state index contributed by atoms with van der Waals surface area (Å²) >= 11 is 0. The molecule has 0 fully saturated rings. The lowest BCUT2D eigenvalue weighted by Gasteiger charge is -2.33. The molecule has 0 aliphatic carbocycles. The summed E-state index contributed by atoms with van der Waals surface area (Å²) in [4.78, 5) is 22.6. The van der Waals surface area contributed by atoms with Gasteiger partial charge in [-0.15, -0.1) is 0 Å². The molecule has 4 heteroatoms. The lowest BCUT2D eigenvalue weighted by molar-refractivity contribution is -0.154. The summed E-state index contributed by atoms with van der Waals surface area (Å²) in [5.74, 6) is -0.959. The van der Waals surface area contributed by atoms with E-state index < -0.39 is 11.5 Å². The van der Waals surface area contributed by atoms with Crippen molar-refractivity contribution >= 4 is 12.4 Å². The molecule has 0 aromatic rings. The van der Waals surface area contributed by atoms with Gasteiger partial charge in [0.2, 0.25) is 6.41 Å². The number of carbonyl (C=O) groups is 2. The van der Waals surface area contributed by atoms with Crippen molar-refractivity contribution in [2.75, 3.05) is 6.54 Å². The van der Waals surface area contributed by atoms with Gasteiger partial charge in [0.15, 0.2) is 0 Å². The number of rotatable bonds is 5. The fourth-order valence-electron chi connectivity index (χ4n) is 1.02. The molecule has 1 unspecified atom stereocenters. The first-order valence-electron chi connectivity index (χ1n) is 3.98. The van der Waals surface area contributed by atoms with Crippen LogP contribution in [0.3, 0.4) is 0 Å². The van der Waals surface area contributed by atoms with E-state index in [1.165, 1.54) is 4.90 Å². The zero-order valence-electron chi connectivity index (χ0n) is 7.70. The fourth-order valence-corrected chi connectivity index (χ4v) is 1.02. The fraction of sp³-hybridized carbons (Fsp3) is 0.750. The van der Waals surface area contributed by atoms with Crippen LogP contribution in [0.25, 0.3) is 0 Å². The van der Waals surface area contributed by atoms with Gasteiger partial charge in [0, 0.05) is 6.54 Å². The third-order valence-corrected chi connectivity index (χ3v) is 2.25. The minimum Gasteiger partial charge on any atom is -0.480 e. The smallest absolute Gasteiger partial charge is 0.329 e. The first kappa shape index (κ1) is 10.9. The van der Waals surface area contributed by atoms with Crippen LogP contribution in [0.15, 0.2) is 0 Å². The van der Waals surface area contributed by atoms with Crippen LogP contribution < -0.4 is 0 Å². The predicted molar refractivity (Wildman–Crippen MR) is 44.8 cm³/mol. The van der Waals surface area contributed by atoms with Gasteiger partial charge in [0.1, 0.15) is 5.54 Å². The molecule has 0 heterocycles. The number of amides is 1. The van der Waals surface area contributed by atoms with Crippen LogP contribution in [0.2, 0.25) is 0 Å². The Kier molecular flexibility index (Phi) is 3.73. The zero-order valence-corrected chi connectivity index (χ0v) is 7.70. The molecule has 0 radical (unpaired) electrons. The van der Waals surface area contributed by atoms with E-state index in [0.29, 0.717) is 19.4 Å². The molecular formula is C8H15NO3. The molecule has 0 spiro atoms. The Balaban J connectivity index is 4.70. The second-order valence-electron chi connectivity index (χ2n) is 2.82. The van der Waals surface area contributed by atoms with Crippen LogP contribution >= 0.6 is 0 Å². The molecule has 4 nitrogen and oxygen atoms in total. The van der Waals surface area contributed by atoms with Crippen molar-refractivity contribution in [1.29, 1.82) is 0 Å². The van der Waals surface area contributed by atoms with Crippen molar-refractivity contribution < 1.29 is 14.7 Å². The van der Waals surface area contributed by atoms with Crippen molar-refractivity contribution in [2.45, 2.75) is 32.7 Å². The second kappa shape index (κ2) is 4.09. The minimum atomic E-state index is -1.06. The molecule has 70 valence electrons. The average molecular weight is 173 g/mol. The maximum absolute atomic E-state index is 10.8. The average Bonchev–Trinajstić information content (AvgIpc) is 2.05. The quantitative estimate of drug-likeness (QED) is 0.623. The Morgan fingerprint density at radius 3 is 2.17 bits per heavy atom. The van der Waals surface area contributed by atoms with Crippen LogP contribution in [-0.4, -0.2) is 34.5 Å². The van der Waals surface area contributed by atoms with Crippen molar-refractivity contribution in [3.8, 4) is 0 Å². The van der Waals surface area contributed by atoms with Gasteiger partial charge >= 0.3 is 5.97 Å². The summed E-state index contributed by atoms with van der Waals surface area (Å²) in [5.41, 5.74) is -1.06. The summed E-state index contributed by atoms with van der Waals surface area (Å²) in [7, 11) is 0. The molecule has 1 amide bonds. The van der Waals surface area contributed by atoms with Crippen LogP contribution in [0.1, 0.15) is 27.2 Å². The Bertz CT molecular complexity index is 181. The van der Waals surface area contributed by atoms with Crippen molar-refractivity contribution in [2.24, 2.45) is 0 Å². The molecular weight excluding hydrogens is 158 g/mol. The van der Waals surface area contributed by atoms with E-state index in [9.17, 15) is 9.59 Å². The normalized spacial score (nSPS) is 14.9. The topological polar surface area (TPSA) is 57.6 Å². The van der Waals surface area contributed by atoms with Crippen LogP contribution in [0.4, 0.5) is 0 Å². The Labute approximate surface area is 72.2 Å². The van der Waals surface area contributed by atoms with E-state index in [-0.39, 0.29) is 0 Å². The lowest BCUT2D eigenvalue weighted by Crippen LogP contribution is -2.51. The van der Waals surface area contributed by atoms with Gasteiger partial charge < -0.3 is 10.0 Å². The van der Waals surface area contributed by atoms with Gasteiger partial charge in [0.05, 0.1) is 0 Å². The molecule has 0 saturated carbocycles. The molecule has 0 aliphatic rings. The van der Waals surface area contributed by atoms with Crippen LogP contribution in [-0.2, 0) is 9.59 Å². The Morgan fingerprint density at radius 1 is 1.58 bits per heavy atom. The van der Waals surface area contributed by atoms with Crippen molar-refractivity contribution in [1.82, 2.24) is 4.90 Å². The van der Waals surface area contributed by atoms with Gasteiger partial charge in [-0.1, -0.05) is 6.92 Å². The predicted octanol–water partition coefficient (Wildman–Crippen LogP) is 0.718. The summed E-state index contributed by atoms with van der Waals surface area (Å²) in [6.07, 6.45) is 0.993. The van der Waals surface area contributed by atoms with Gasteiger partial charge in [-0.3, -0.25) is 4.79 Å². The van der Waals surface area contributed by atoms with Crippen LogP contribution in [0.5, 0.6) is 0 Å². The highest BCUT2D eigenvalue weighted by Gasteiger charge is 2.36. The number of carboxylic acids is 1. The van der Waals surface area contributed by atoms with E-state index in [0.717, 1.165) is 0 Å². The highest BCUT2D eigenvalue weighted by molar-refractivity contribution is 5.80. The number of nitrogens with zero attached hydrogens (tertiary/aromatic N) is 1.